The molecule has 3 heterocycles. The van der Waals surface area contributed by atoms with Gasteiger partial charge in [0.25, 0.3) is 0 Å². The summed E-state index contributed by atoms with van der Waals surface area (Å²) in [4.78, 5) is 4.60. The monoisotopic (exact) mass is 205 g/mol. The van der Waals surface area contributed by atoms with Gasteiger partial charge >= 0.3 is 0 Å². The molecule has 0 spiro atoms. The number of imidazole rings is 1. The third kappa shape index (κ3) is 1.27. The van der Waals surface area contributed by atoms with Crippen LogP contribution in [0.5, 0.6) is 0 Å². The van der Waals surface area contributed by atoms with Crippen molar-refractivity contribution in [3.8, 4) is 11.3 Å². The number of fused-ring (bicyclic) bond motifs is 1. The molecule has 0 bridgehead atoms. The van der Waals surface area contributed by atoms with Crippen molar-refractivity contribution in [2.45, 2.75) is 13.1 Å². The Morgan fingerprint density at radius 1 is 1.50 bits per heavy atom. The molecule has 1 aliphatic rings. The predicted octanol–water partition coefficient (Wildman–Crippen LogP) is 1.71. The number of hydrogen-bond acceptors (Lipinski definition) is 3. The fourth-order valence-corrected chi connectivity index (χ4v) is 2.39. The molecular weight excluding hydrogens is 194 g/mol. The molecule has 72 valence electrons. The first-order valence-electron chi connectivity index (χ1n) is 4.73. The van der Waals surface area contributed by atoms with Crippen molar-refractivity contribution in [3.05, 3.63) is 28.8 Å². The normalized spacial score (nSPS) is 15.4. The van der Waals surface area contributed by atoms with Gasteiger partial charge in [-0.3, -0.25) is 0 Å². The van der Waals surface area contributed by atoms with E-state index in [1.165, 1.54) is 5.56 Å². The van der Waals surface area contributed by atoms with E-state index in [0.29, 0.717) is 0 Å². The highest BCUT2D eigenvalue weighted by molar-refractivity contribution is 7.08. The highest BCUT2D eigenvalue weighted by Gasteiger charge is 2.12. The van der Waals surface area contributed by atoms with E-state index < -0.39 is 0 Å². The Labute approximate surface area is 86.4 Å². The molecule has 4 heteroatoms. The van der Waals surface area contributed by atoms with E-state index in [0.717, 1.165) is 31.2 Å². The maximum absolute atomic E-state index is 4.60. The van der Waals surface area contributed by atoms with E-state index in [1.54, 1.807) is 11.3 Å². The SMILES string of the molecule is c1cc(-c2cn3c(n2)CNCC3)cs1. The average molecular weight is 205 g/mol. The first kappa shape index (κ1) is 8.20. The molecule has 0 saturated heterocycles. The Morgan fingerprint density at radius 2 is 2.50 bits per heavy atom. The van der Waals surface area contributed by atoms with Crippen molar-refractivity contribution in [2.75, 3.05) is 6.54 Å². The fraction of sp³-hybridized carbons (Fsp3) is 0.300. The Hall–Kier alpha value is -1.13. The minimum Gasteiger partial charge on any atom is -0.332 e. The van der Waals surface area contributed by atoms with Gasteiger partial charge < -0.3 is 9.88 Å². The van der Waals surface area contributed by atoms with Crippen LogP contribution in [-0.2, 0) is 13.1 Å². The predicted molar refractivity (Wildman–Crippen MR) is 57.2 cm³/mol. The summed E-state index contributed by atoms with van der Waals surface area (Å²) in [7, 11) is 0. The van der Waals surface area contributed by atoms with Crippen molar-refractivity contribution < 1.29 is 0 Å². The summed E-state index contributed by atoms with van der Waals surface area (Å²) in [5, 5.41) is 7.55. The second-order valence-corrected chi connectivity index (χ2v) is 4.20. The van der Waals surface area contributed by atoms with Crippen LogP contribution in [0.25, 0.3) is 11.3 Å². The van der Waals surface area contributed by atoms with E-state index in [4.69, 9.17) is 0 Å². The Bertz CT molecular complexity index is 407. The lowest BCUT2D eigenvalue weighted by molar-refractivity contribution is 0.505. The molecule has 0 radical (unpaired) electrons. The number of nitrogens with one attached hydrogen (secondary N) is 1. The molecule has 2 aromatic heterocycles. The molecule has 0 unspecified atom stereocenters. The highest BCUT2D eigenvalue weighted by Crippen LogP contribution is 2.21. The first-order valence-corrected chi connectivity index (χ1v) is 5.67. The summed E-state index contributed by atoms with van der Waals surface area (Å²) in [5.41, 5.74) is 2.34. The largest absolute Gasteiger partial charge is 0.332 e. The standard InChI is InChI=1S/C10H11N3S/c1-4-14-7-8(1)9-6-13-3-2-11-5-10(13)12-9/h1,4,6-7,11H,2-3,5H2. The zero-order chi connectivity index (χ0) is 9.38. The van der Waals surface area contributed by atoms with Crippen molar-refractivity contribution >= 4 is 11.3 Å². The molecule has 14 heavy (non-hydrogen) atoms. The lowest BCUT2D eigenvalue weighted by Crippen LogP contribution is -2.27. The van der Waals surface area contributed by atoms with Gasteiger partial charge in [-0.15, -0.1) is 0 Å². The smallest absolute Gasteiger partial charge is 0.123 e. The van der Waals surface area contributed by atoms with Crippen molar-refractivity contribution in [3.63, 3.8) is 0 Å². The van der Waals surface area contributed by atoms with Crippen LogP contribution in [-0.4, -0.2) is 16.1 Å². The van der Waals surface area contributed by atoms with E-state index >= 15 is 0 Å². The van der Waals surface area contributed by atoms with Gasteiger partial charge in [-0.05, 0) is 11.4 Å². The maximum atomic E-state index is 4.60. The highest BCUT2D eigenvalue weighted by atomic mass is 32.1. The quantitative estimate of drug-likeness (QED) is 0.768. The van der Waals surface area contributed by atoms with Gasteiger partial charge in [-0.25, -0.2) is 4.98 Å². The molecule has 0 aromatic carbocycles. The summed E-state index contributed by atoms with van der Waals surface area (Å²) < 4.78 is 2.24. The van der Waals surface area contributed by atoms with E-state index in [9.17, 15) is 0 Å². The van der Waals surface area contributed by atoms with Crippen LogP contribution < -0.4 is 5.32 Å². The Morgan fingerprint density at radius 3 is 3.29 bits per heavy atom. The second-order valence-electron chi connectivity index (χ2n) is 3.42. The van der Waals surface area contributed by atoms with E-state index in [-0.39, 0.29) is 0 Å². The summed E-state index contributed by atoms with van der Waals surface area (Å²) in [5.74, 6) is 1.15. The van der Waals surface area contributed by atoms with Gasteiger partial charge in [0.2, 0.25) is 0 Å². The minimum absolute atomic E-state index is 0.893. The third-order valence-electron chi connectivity index (χ3n) is 2.49. The summed E-state index contributed by atoms with van der Waals surface area (Å²) in [6.45, 7) is 2.98. The zero-order valence-electron chi connectivity index (χ0n) is 7.73. The molecule has 3 rings (SSSR count). The van der Waals surface area contributed by atoms with Crippen molar-refractivity contribution in [2.24, 2.45) is 0 Å². The van der Waals surface area contributed by atoms with Crippen molar-refractivity contribution in [1.29, 1.82) is 0 Å². The Kier molecular flexibility index (Phi) is 1.89. The number of nitrogens with zero attached hydrogens (tertiary/aromatic N) is 2. The fourth-order valence-electron chi connectivity index (χ4n) is 1.74. The number of aromatic nitrogens is 2. The van der Waals surface area contributed by atoms with Crippen LogP contribution >= 0.6 is 11.3 Å². The van der Waals surface area contributed by atoms with Gasteiger partial charge in [0, 0.05) is 30.2 Å². The summed E-state index contributed by atoms with van der Waals surface area (Å²) >= 11 is 1.72. The van der Waals surface area contributed by atoms with Crippen LogP contribution in [0.1, 0.15) is 5.82 Å². The second kappa shape index (κ2) is 3.22. The van der Waals surface area contributed by atoms with Crippen LogP contribution in [0.2, 0.25) is 0 Å². The lowest BCUT2D eigenvalue weighted by Gasteiger charge is -2.13. The zero-order valence-corrected chi connectivity index (χ0v) is 8.55. The van der Waals surface area contributed by atoms with Crippen molar-refractivity contribution in [1.82, 2.24) is 14.9 Å². The van der Waals surface area contributed by atoms with Gasteiger partial charge in [0.15, 0.2) is 0 Å². The summed E-state index contributed by atoms with van der Waals surface area (Å²) in [6.07, 6.45) is 2.15. The van der Waals surface area contributed by atoms with Gasteiger partial charge in [0.1, 0.15) is 5.82 Å². The van der Waals surface area contributed by atoms with Crippen LogP contribution in [0, 0.1) is 0 Å². The maximum Gasteiger partial charge on any atom is 0.123 e. The Balaban J connectivity index is 2.04. The number of hydrogen-bond donors (Lipinski definition) is 1. The van der Waals surface area contributed by atoms with Gasteiger partial charge in [-0.1, -0.05) is 0 Å². The third-order valence-corrected chi connectivity index (χ3v) is 3.17. The molecule has 2 aromatic rings. The topological polar surface area (TPSA) is 29.9 Å². The van der Waals surface area contributed by atoms with Crippen LogP contribution in [0.3, 0.4) is 0 Å². The molecular formula is C10H11N3S. The minimum atomic E-state index is 0.893. The molecule has 1 aliphatic heterocycles. The van der Waals surface area contributed by atoms with Gasteiger partial charge in [0.05, 0.1) is 12.2 Å². The van der Waals surface area contributed by atoms with Crippen LogP contribution in [0.15, 0.2) is 23.0 Å². The van der Waals surface area contributed by atoms with E-state index in [2.05, 4.69) is 37.9 Å². The van der Waals surface area contributed by atoms with Gasteiger partial charge in [-0.2, -0.15) is 11.3 Å². The molecule has 1 N–H and O–H groups in total. The molecule has 0 aliphatic carbocycles. The number of rotatable bonds is 1. The average Bonchev–Trinajstić information content (AvgIpc) is 2.86. The summed E-state index contributed by atoms with van der Waals surface area (Å²) in [6, 6.07) is 2.12. The molecule has 0 fully saturated rings. The molecule has 0 atom stereocenters. The molecule has 3 nitrogen and oxygen atoms in total. The van der Waals surface area contributed by atoms with Crippen LogP contribution in [0.4, 0.5) is 0 Å². The lowest BCUT2D eigenvalue weighted by atomic mass is 10.3. The first-order chi connectivity index (χ1) is 6.93. The molecule has 0 saturated carbocycles. The molecule has 0 amide bonds. The van der Waals surface area contributed by atoms with E-state index in [1.807, 2.05) is 0 Å². The number of thiophene rings is 1.